The second kappa shape index (κ2) is 13.8. The molecular formula is C36H43N9O3. The molecule has 7 rings (SSSR count). The number of rotatable bonds is 10. The Balaban J connectivity index is 0.972. The zero-order chi connectivity index (χ0) is 33.2. The van der Waals surface area contributed by atoms with Gasteiger partial charge in [0.05, 0.1) is 30.7 Å². The summed E-state index contributed by atoms with van der Waals surface area (Å²) in [6, 6.07) is 14.4. The molecule has 48 heavy (non-hydrogen) atoms. The normalized spacial score (nSPS) is 21.1. The summed E-state index contributed by atoms with van der Waals surface area (Å²) in [5.74, 6) is 0.607. The van der Waals surface area contributed by atoms with Gasteiger partial charge in [0.2, 0.25) is 5.91 Å². The number of aromatic nitrogens is 4. The summed E-state index contributed by atoms with van der Waals surface area (Å²) >= 11 is 0. The number of hydrogen-bond donors (Lipinski definition) is 3. The minimum absolute atomic E-state index is 0.0666. The summed E-state index contributed by atoms with van der Waals surface area (Å²) in [6.07, 6.45) is 7.47. The van der Waals surface area contributed by atoms with Gasteiger partial charge in [-0.05, 0) is 87.8 Å². The van der Waals surface area contributed by atoms with E-state index in [0.29, 0.717) is 42.1 Å². The van der Waals surface area contributed by atoms with E-state index in [2.05, 4.69) is 53.0 Å². The van der Waals surface area contributed by atoms with Crippen molar-refractivity contribution in [2.24, 2.45) is 0 Å². The van der Waals surface area contributed by atoms with Crippen molar-refractivity contribution in [3.8, 4) is 11.3 Å². The molecule has 3 aliphatic heterocycles. The van der Waals surface area contributed by atoms with Crippen molar-refractivity contribution < 1.29 is 14.3 Å². The van der Waals surface area contributed by atoms with Crippen LogP contribution in [0.15, 0.2) is 67.1 Å². The number of likely N-dealkylation sites (tertiary alicyclic amines) is 1. The average Bonchev–Trinajstić information content (AvgIpc) is 3.62. The van der Waals surface area contributed by atoms with Gasteiger partial charge in [0.1, 0.15) is 23.5 Å². The van der Waals surface area contributed by atoms with Gasteiger partial charge >= 0.3 is 0 Å². The number of fused-ring (bicyclic) bond motifs is 3. The highest BCUT2D eigenvalue weighted by molar-refractivity contribution is 6.03. The maximum absolute atomic E-state index is 13.2. The Hall–Kier alpha value is -4.65. The summed E-state index contributed by atoms with van der Waals surface area (Å²) in [6.45, 7) is 8.29. The molecule has 250 valence electrons. The monoisotopic (exact) mass is 649 g/mol. The van der Waals surface area contributed by atoms with Gasteiger partial charge in [-0.3, -0.25) is 19.5 Å². The van der Waals surface area contributed by atoms with Gasteiger partial charge in [0.25, 0.3) is 5.91 Å². The van der Waals surface area contributed by atoms with E-state index in [1.807, 2.05) is 55.4 Å². The third-order valence-corrected chi connectivity index (χ3v) is 9.48. The molecule has 12 heteroatoms. The highest BCUT2D eigenvalue weighted by Gasteiger charge is 2.39. The second-order valence-electron chi connectivity index (χ2n) is 13.4. The molecule has 3 saturated heterocycles. The molecule has 3 atom stereocenters. The van der Waals surface area contributed by atoms with Crippen molar-refractivity contribution >= 4 is 34.4 Å². The Kier molecular flexibility index (Phi) is 9.20. The van der Waals surface area contributed by atoms with Crippen LogP contribution in [0, 0.1) is 0 Å². The Morgan fingerprint density at radius 1 is 1.04 bits per heavy atom. The molecule has 3 N–H and O–H groups in total. The first-order valence-corrected chi connectivity index (χ1v) is 16.7. The van der Waals surface area contributed by atoms with E-state index >= 15 is 0 Å². The fraction of sp³-hybridized carbons (Fsp3) is 0.417. The van der Waals surface area contributed by atoms with Crippen LogP contribution in [0.1, 0.15) is 41.7 Å². The van der Waals surface area contributed by atoms with Crippen LogP contribution in [-0.4, -0.2) is 107 Å². The molecule has 2 amide bonds. The molecule has 3 aromatic heterocycles. The predicted molar refractivity (Wildman–Crippen MR) is 186 cm³/mol. The maximum Gasteiger partial charge on any atom is 0.274 e. The number of pyridine rings is 1. The van der Waals surface area contributed by atoms with Crippen LogP contribution in [0.2, 0.25) is 0 Å². The van der Waals surface area contributed by atoms with Crippen molar-refractivity contribution in [3.63, 3.8) is 0 Å². The topological polar surface area (TPSA) is 132 Å². The largest absolute Gasteiger partial charge is 0.377 e. The van der Waals surface area contributed by atoms with Crippen molar-refractivity contribution in [1.29, 1.82) is 0 Å². The van der Waals surface area contributed by atoms with E-state index in [0.717, 1.165) is 85.7 Å². The van der Waals surface area contributed by atoms with Crippen LogP contribution in [0.5, 0.6) is 0 Å². The van der Waals surface area contributed by atoms with E-state index in [4.69, 9.17) is 4.74 Å². The predicted octanol–water partition coefficient (Wildman–Crippen LogP) is 3.84. The zero-order valence-electron chi connectivity index (χ0n) is 27.6. The zero-order valence-corrected chi connectivity index (χ0v) is 27.6. The van der Waals surface area contributed by atoms with E-state index in [-0.39, 0.29) is 17.9 Å². The molecule has 0 saturated carbocycles. The molecule has 4 aromatic rings. The number of likely N-dealkylation sites (N-methyl/N-ethyl adjacent to an activating group) is 1. The van der Waals surface area contributed by atoms with Gasteiger partial charge in [-0.25, -0.2) is 9.97 Å². The summed E-state index contributed by atoms with van der Waals surface area (Å²) in [5, 5.41) is 7.14. The number of nitrogens with one attached hydrogen (secondary N) is 3. The smallest absolute Gasteiger partial charge is 0.274 e. The summed E-state index contributed by atoms with van der Waals surface area (Å²) in [7, 11) is 3.85. The number of morpholine rings is 1. The molecule has 1 aromatic carbocycles. The number of amides is 2. The third kappa shape index (κ3) is 6.96. The van der Waals surface area contributed by atoms with Gasteiger partial charge < -0.3 is 30.2 Å². The Morgan fingerprint density at radius 2 is 1.83 bits per heavy atom. The summed E-state index contributed by atoms with van der Waals surface area (Å²) in [5.41, 5.74) is 5.34. The molecule has 0 spiro atoms. The van der Waals surface area contributed by atoms with E-state index in [1.54, 1.807) is 12.5 Å². The van der Waals surface area contributed by atoms with E-state index in [9.17, 15) is 9.59 Å². The third-order valence-electron chi connectivity index (χ3n) is 9.48. The minimum Gasteiger partial charge on any atom is -0.377 e. The Morgan fingerprint density at radius 3 is 2.60 bits per heavy atom. The van der Waals surface area contributed by atoms with Gasteiger partial charge in [-0.15, -0.1) is 0 Å². The van der Waals surface area contributed by atoms with Crippen LogP contribution in [0.25, 0.3) is 22.3 Å². The number of carbonyl (C=O) groups is 2. The molecule has 2 unspecified atom stereocenters. The van der Waals surface area contributed by atoms with Gasteiger partial charge in [0, 0.05) is 48.8 Å². The molecule has 3 fully saturated rings. The lowest BCUT2D eigenvalue weighted by Gasteiger charge is -2.35. The van der Waals surface area contributed by atoms with Crippen LogP contribution in [0.4, 0.5) is 11.5 Å². The van der Waals surface area contributed by atoms with Crippen molar-refractivity contribution in [3.05, 3.63) is 78.4 Å². The number of H-pyrrole nitrogens is 1. The van der Waals surface area contributed by atoms with Gasteiger partial charge in [-0.1, -0.05) is 18.7 Å². The summed E-state index contributed by atoms with van der Waals surface area (Å²) < 4.78 is 5.78. The van der Waals surface area contributed by atoms with Crippen LogP contribution in [-0.2, 0) is 16.1 Å². The number of carbonyl (C=O) groups excluding carboxylic acids is 2. The minimum atomic E-state index is -0.265. The number of anilines is 2. The lowest BCUT2D eigenvalue weighted by atomic mass is 10.0. The number of aromatic amines is 1. The molecular weight excluding hydrogens is 606 g/mol. The van der Waals surface area contributed by atoms with Crippen LogP contribution < -0.4 is 15.5 Å². The maximum atomic E-state index is 13.2. The van der Waals surface area contributed by atoms with Crippen LogP contribution in [0.3, 0.4) is 0 Å². The first-order chi connectivity index (χ1) is 23.3. The van der Waals surface area contributed by atoms with Crippen LogP contribution >= 0.6 is 0 Å². The van der Waals surface area contributed by atoms with Crippen molar-refractivity contribution in [1.82, 2.24) is 35.1 Å². The lowest BCUT2D eigenvalue weighted by Crippen LogP contribution is -2.48. The molecule has 6 heterocycles. The SMILES string of the molecule is C=C(CN(C)C)C(=O)N[C@@H]1CCCN(Cc2ccnc(C(=O)Nc3ccc(-c4cc5c(N6C7CCC6COC7)ncnc5[nH]4)cc3)c2)C1. The lowest BCUT2D eigenvalue weighted by molar-refractivity contribution is -0.118. The number of hydrogen-bond acceptors (Lipinski definition) is 9. The van der Waals surface area contributed by atoms with Crippen molar-refractivity contribution in [2.45, 2.75) is 50.4 Å². The van der Waals surface area contributed by atoms with Gasteiger partial charge in [-0.2, -0.15) is 0 Å². The standard InChI is InChI=1S/C36H43N9O3/c1-23(17-43(2)3)35(46)41-27-5-4-14-44(19-27)18-24-12-13-37-32(15-24)36(47)40-26-8-6-25(7-9-26)31-16-30-33(42-31)38-22-39-34(30)45-28-10-11-29(45)21-48-20-28/h6-9,12-13,15-16,22,27-29H,1,4-5,10-11,14,17-21H2,2-3H3,(H,40,47)(H,41,46)(H,38,39,42)/t27-,28?,29?/m1/s1. The fourth-order valence-corrected chi connectivity index (χ4v) is 7.20. The quantitative estimate of drug-likeness (QED) is 0.219. The van der Waals surface area contributed by atoms with E-state index in [1.165, 1.54) is 0 Å². The highest BCUT2D eigenvalue weighted by Crippen LogP contribution is 2.37. The molecule has 3 aliphatic rings. The highest BCUT2D eigenvalue weighted by atomic mass is 16.5. The van der Waals surface area contributed by atoms with Crippen molar-refractivity contribution in [2.75, 3.05) is 57.2 Å². The average molecular weight is 650 g/mol. The number of benzene rings is 1. The number of piperidine rings is 1. The number of ether oxygens (including phenoxy) is 1. The first-order valence-electron chi connectivity index (χ1n) is 16.7. The molecule has 0 aliphatic carbocycles. The molecule has 0 radical (unpaired) electrons. The number of nitrogens with zero attached hydrogens (tertiary/aromatic N) is 6. The molecule has 2 bridgehead atoms. The second-order valence-corrected chi connectivity index (χ2v) is 13.4. The van der Waals surface area contributed by atoms with E-state index < -0.39 is 0 Å². The fourth-order valence-electron chi connectivity index (χ4n) is 7.20. The Labute approximate surface area is 280 Å². The summed E-state index contributed by atoms with van der Waals surface area (Å²) in [4.78, 5) is 49.4. The van der Waals surface area contributed by atoms with Gasteiger partial charge in [0.15, 0.2) is 0 Å². The first kappa shape index (κ1) is 31.9. The Bertz CT molecular complexity index is 1790. The molecule has 12 nitrogen and oxygen atoms in total.